The Morgan fingerprint density at radius 1 is 1.21 bits per heavy atom. The van der Waals surface area contributed by atoms with E-state index in [0.717, 1.165) is 0 Å². The van der Waals surface area contributed by atoms with Crippen LogP contribution in [0, 0.1) is 34.5 Å². The Morgan fingerprint density at radius 3 is 2.64 bits per heavy atom. The molecule has 3 heteroatoms. The van der Waals surface area contributed by atoms with Gasteiger partial charge >= 0.3 is 0 Å². The Morgan fingerprint density at radius 2 is 2.00 bits per heavy atom. The molecule has 14 heavy (non-hydrogen) atoms. The third kappa shape index (κ3) is 2.27. The average Bonchev–Trinajstić information content (AvgIpc) is 2.19. The van der Waals surface area contributed by atoms with Gasteiger partial charge in [0, 0.05) is 11.3 Å². The molecule has 66 valence electrons. The van der Waals surface area contributed by atoms with Crippen LogP contribution in [0.2, 0.25) is 0 Å². The van der Waals surface area contributed by atoms with Crippen molar-refractivity contribution in [2.24, 2.45) is 0 Å². The van der Waals surface area contributed by atoms with Gasteiger partial charge in [0.2, 0.25) is 0 Å². The number of nitriles is 2. The molecule has 0 atom stereocenters. The second-order valence-electron chi connectivity index (χ2n) is 2.55. The zero-order valence-corrected chi connectivity index (χ0v) is 7.41. The van der Waals surface area contributed by atoms with Crippen molar-refractivity contribution >= 4 is 5.69 Å². The monoisotopic (exact) mass is 181 g/mol. The number of nitrogens with two attached hydrogens (primary N) is 1. The fourth-order valence-corrected chi connectivity index (χ4v) is 0.942. The van der Waals surface area contributed by atoms with Crippen molar-refractivity contribution in [3.8, 4) is 24.0 Å². The highest BCUT2D eigenvalue weighted by molar-refractivity contribution is 5.55. The lowest BCUT2D eigenvalue weighted by Crippen LogP contribution is -1.89. The minimum Gasteiger partial charge on any atom is -0.399 e. The van der Waals surface area contributed by atoms with Gasteiger partial charge in [-0.2, -0.15) is 10.5 Å². The van der Waals surface area contributed by atoms with Gasteiger partial charge in [0.1, 0.15) is 6.07 Å². The molecular weight excluding hydrogens is 174 g/mol. The minimum absolute atomic E-state index is 0.152. The van der Waals surface area contributed by atoms with Crippen LogP contribution in [0.4, 0.5) is 5.69 Å². The van der Waals surface area contributed by atoms with Crippen LogP contribution < -0.4 is 5.73 Å². The maximum absolute atomic E-state index is 8.74. The minimum atomic E-state index is 0.152. The quantitative estimate of drug-likeness (QED) is 0.485. The molecule has 2 N–H and O–H groups in total. The predicted octanol–water partition coefficient (Wildman–Crippen LogP) is 1.41. The van der Waals surface area contributed by atoms with E-state index >= 15 is 0 Å². The highest BCUT2D eigenvalue weighted by atomic mass is 14.5. The van der Waals surface area contributed by atoms with Crippen molar-refractivity contribution in [1.82, 2.24) is 0 Å². The molecule has 0 saturated heterocycles. The number of hydrogen-bond acceptors (Lipinski definition) is 3. The summed E-state index contributed by atoms with van der Waals surface area (Å²) in [5.41, 5.74) is 7.15. The van der Waals surface area contributed by atoms with Gasteiger partial charge in [0.25, 0.3) is 0 Å². The van der Waals surface area contributed by atoms with Crippen LogP contribution in [0.25, 0.3) is 0 Å². The van der Waals surface area contributed by atoms with Gasteiger partial charge in [-0.25, -0.2) is 0 Å². The van der Waals surface area contributed by atoms with Crippen molar-refractivity contribution in [3.05, 3.63) is 29.3 Å². The smallest absolute Gasteiger partial charge is 0.100 e. The Labute approximate surface area is 82.4 Å². The summed E-state index contributed by atoms with van der Waals surface area (Å²) >= 11 is 0. The van der Waals surface area contributed by atoms with Crippen molar-refractivity contribution in [1.29, 1.82) is 10.5 Å². The van der Waals surface area contributed by atoms with E-state index in [9.17, 15) is 0 Å². The molecule has 0 spiro atoms. The van der Waals surface area contributed by atoms with Gasteiger partial charge in [-0.05, 0) is 18.2 Å². The van der Waals surface area contributed by atoms with Crippen LogP contribution in [0.1, 0.15) is 17.5 Å². The van der Waals surface area contributed by atoms with Crippen molar-refractivity contribution < 1.29 is 0 Å². The van der Waals surface area contributed by atoms with E-state index in [2.05, 4.69) is 11.8 Å². The van der Waals surface area contributed by atoms with E-state index < -0.39 is 0 Å². The lowest BCUT2D eigenvalue weighted by atomic mass is 10.1. The SMILES string of the molecule is N#CCC#Cc1cc(N)ccc1C#N. The molecular formula is C11H7N3. The molecule has 0 heterocycles. The molecule has 0 bridgehead atoms. The molecule has 0 aliphatic carbocycles. The van der Waals surface area contributed by atoms with E-state index in [1.54, 1.807) is 18.2 Å². The third-order valence-corrected chi connectivity index (χ3v) is 1.55. The van der Waals surface area contributed by atoms with Crippen LogP contribution in [-0.4, -0.2) is 0 Å². The molecule has 0 aliphatic rings. The summed E-state index contributed by atoms with van der Waals surface area (Å²) in [5, 5.41) is 17.0. The second kappa shape index (κ2) is 4.55. The number of rotatable bonds is 0. The molecule has 3 nitrogen and oxygen atoms in total. The highest BCUT2D eigenvalue weighted by Crippen LogP contribution is 2.11. The van der Waals surface area contributed by atoms with Crippen LogP contribution >= 0.6 is 0 Å². The first-order valence-electron chi connectivity index (χ1n) is 3.93. The molecule has 0 fully saturated rings. The van der Waals surface area contributed by atoms with Gasteiger partial charge in [-0.15, -0.1) is 0 Å². The number of nitrogens with zero attached hydrogens (tertiary/aromatic N) is 2. The Hall–Kier alpha value is -2.44. The topological polar surface area (TPSA) is 73.6 Å². The van der Waals surface area contributed by atoms with E-state index in [1.807, 2.05) is 12.1 Å². The van der Waals surface area contributed by atoms with Crippen molar-refractivity contribution in [3.63, 3.8) is 0 Å². The summed E-state index contributed by atoms with van der Waals surface area (Å²) in [7, 11) is 0. The fourth-order valence-electron chi connectivity index (χ4n) is 0.942. The third-order valence-electron chi connectivity index (χ3n) is 1.55. The summed E-state index contributed by atoms with van der Waals surface area (Å²) in [5.74, 6) is 5.37. The van der Waals surface area contributed by atoms with E-state index in [-0.39, 0.29) is 6.42 Å². The summed E-state index contributed by atoms with van der Waals surface area (Å²) < 4.78 is 0. The first-order chi connectivity index (χ1) is 6.77. The molecule has 0 amide bonds. The molecule has 0 aliphatic heterocycles. The van der Waals surface area contributed by atoms with E-state index in [1.165, 1.54) is 0 Å². The number of nitrogen functional groups attached to an aromatic ring is 1. The molecule has 0 unspecified atom stereocenters. The fraction of sp³-hybridized carbons (Fsp3) is 0.0909. The number of benzene rings is 1. The van der Waals surface area contributed by atoms with Crippen LogP contribution in [0.3, 0.4) is 0 Å². The zero-order chi connectivity index (χ0) is 10.4. The number of anilines is 1. The number of hydrogen-bond donors (Lipinski definition) is 1. The maximum atomic E-state index is 8.74. The van der Waals surface area contributed by atoms with Crippen molar-refractivity contribution in [2.45, 2.75) is 6.42 Å². The van der Waals surface area contributed by atoms with Crippen molar-refractivity contribution in [2.75, 3.05) is 5.73 Å². The maximum Gasteiger partial charge on any atom is 0.100 e. The summed E-state index contributed by atoms with van der Waals surface area (Å²) in [6.07, 6.45) is 0.152. The Bertz CT molecular complexity index is 478. The molecule has 1 aromatic carbocycles. The Balaban J connectivity index is 3.10. The van der Waals surface area contributed by atoms with E-state index in [0.29, 0.717) is 16.8 Å². The lowest BCUT2D eigenvalue weighted by Gasteiger charge is -1.96. The van der Waals surface area contributed by atoms with Gasteiger partial charge in [-0.1, -0.05) is 11.8 Å². The molecule has 0 saturated carbocycles. The molecule has 1 rings (SSSR count). The average molecular weight is 181 g/mol. The summed E-state index contributed by atoms with van der Waals surface area (Å²) in [6, 6.07) is 8.80. The van der Waals surface area contributed by atoms with Crippen LogP contribution in [-0.2, 0) is 0 Å². The zero-order valence-electron chi connectivity index (χ0n) is 7.41. The predicted molar refractivity (Wildman–Crippen MR) is 52.7 cm³/mol. The summed E-state index contributed by atoms with van der Waals surface area (Å²) in [4.78, 5) is 0. The van der Waals surface area contributed by atoms with Gasteiger partial charge < -0.3 is 5.73 Å². The van der Waals surface area contributed by atoms with Crippen LogP contribution in [0.5, 0.6) is 0 Å². The second-order valence-corrected chi connectivity index (χ2v) is 2.55. The molecule has 0 aromatic heterocycles. The first-order valence-corrected chi connectivity index (χ1v) is 3.93. The van der Waals surface area contributed by atoms with Gasteiger partial charge in [0.05, 0.1) is 18.1 Å². The lowest BCUT2D eigenvalue weighted by molar-refractivity contribution is 1.39. The highest BCUT2D eigenvalue weighted by Gasteiger charge is 1.98. The van der Waals surface area contributed by atoms with E-state index in [4.69, 9.17) is 16.3 Å². The standard InChI is InChI=1S/C11H7N3/c12-6-2-1-3-9-7-11(14)5-4-10(9)8-13/h4-5,7H,2,14H2. The van der Waals surface area contributed by atoms with Gasteiger partial charge in [0.15, 0.2) is 0 Å². The Kier molecular flexibility index (Phi) is 3.14. The van der Waals surface area contributed by atoms with Gasteiger partial charge in [-0.3, -0.25) is 0 Å². The normalized spacial score (nSPS) is 7.86. The van der Waals surface area contributed by atoms with Crippen LogP contribution in [0.15, 0.2) is 18.2 Å². The first kappa shape index (κ1) is 9.65. The molecule has 0 radical (unpaired) electrons. The summed E-state index contributed by atoms with van der Waals surface area (Å²) in [6.45, 7) is 0. The molecule has 1 aromatic rings. The largest absolute Gasteiger partial charge is 0.399 e.